The SMILES string of the molecule is C=CCCC(C)[C@H](O)CO. The van der Waals surface area contributed by atoms with Crippen LogP contribution < -0.4 is 0 Å². The van der Waals surface area contributed by atoms with Gasteiger partial charge in [0.25, 0.3) is 0 Å². The summed E-state index contributed by atoms with van der Waals surface area (Å²) in [6.07, 6.45) is 3.05. The van der Waals surface area contributed by atoms with Crippen molar-refractivity contribution in [3.8, 4) is 0 Å². The summed E-state index contributed by atoms with van der Waals surface area (Å²) in [7, 11) is 0. The van der Waals surface area contributed by atoms with Crippen LogP contribution in [0.4, 0.5) is 0 Å². The van der Waals surface area contributed by atoms with Crippen molar-refractivity contribution in [1.82, 2.24) is 0 Å². The van der Waals surface area contributed by atoms with Gasteiger partial charge in [-0.2, -0.15) is 0 Å². The molecule has 0 saturated heterocycles. The van der Waals surface area contributed by atoms with Crippen LogP contribution in [0, 0.1) is 5.92 Å². The van der Waals surface area contributed by atoms with Gasteiger partial charge in [-0.25, -0.2) is 0 Å². The first-order valence-electron chi connectivity index (χ1n) is 3.62. The molecule has 0 aliphatic carbocycles. The molecule has 0 rings (SSSR count). The first-order chi connectivity index (χ1) is 4.72. The van der Waals surface area contributed by atoms with Gasteiger partial charge in [-0.15, -0.1) is 6.58 Å². The van der Waals surface area contributed by atoms with E-state index in [0.29, 0.717) is 0 Å². The van der Waals surface area contributed by atoms with Gasteiger partial charge >= 0.3 is 0 Å². The molecule has 2 N–H and O–H groups in total. The average molecular weight is 144 g/mol. The summed E-state index contributed by atoms with van der Waals surface area (Å²) in [5, 5.41) is 17.6. The van der Waals surface area contributed by atoms with Crippen molar-refractivity contribution in [2.45, 2.75) is 25.9 Å². The molecule has 0 heterocycles. The molecule has 2 heteroatoms. The maximum absolute atomic E-state index is 9.07. The van der Waals surface area contributed by atoms with E-state index < -0.39 is 6.10 Å². The Balaban J connectivity index is 3.40. The van der Waals surface area contributed by atoms with Crippen LogP contribution in [0.15, 0.2) is 12.7 Å². The molecular formula is C8H16O2. The lowest BCUT2D eigenvalue weighted by atomic mass is 10.00. The van der Waals surface area contributed by atoms with Crippen LogP contribution >= 0.6 is 0 Å². The first kappa shape index (κ1) is 9.66. The number of hydrogen-bond acceptors (Lipinski definition) is 2. The van der Waals surface area contributed by atoms with Crippen molar-refractivity contribution >= 4 is 0 Å². The predicted molar refractivity (Wildman–Crippen MR) is 41.7 cm³/mol. The second kappa shape index (κ2) is 5.45. The van der Waals surface area contributed by atoms with E-state index in [0.717, 1.165) is 12.8 Å². The highest BCUT2D eigenvalue weighted by Gasteiger charge is 2.10. The molecule has 0 bridgehead atoms. The molecule has 2 nitrogen and oxygen atoms in total. The third-order valence-corrected chi connectivity index (χ3v) is 1.67. The highest BCUT2D eigenvalue weighted by atomic mass is 16.3. The van der Waals surface area contributed by atoms with Crippen molar-refractivity contribution in [2.75, 3.05) is 6.61 Å². The molecule has 0 aromatic carbocycles. The topological polar surface area (TPSA) is 40.5 Å². The maximum Gasteiger partial charge on any atom is 0.0796 e. The van der Waals surface area contributed by atoms with Crippen molar-refractivity contribution in [2.24, 2.45) is 5.92 Å². The van der Waals surface area contributed by atoms with E-state index in [1.54, 1.807) is 0 Å². The Morgan fingerprint density at radius 3 is 2.60 bits per heavy atom. The average Bonchev–Trinajstić information content (AvgIpc) is 1.98. The number of hydrogen-bond donors (Lipinski definition) is 2. The number of aliphatic hydroxyl groups excluding tert-OH is 2. The van der Waals surface area contributed by atoms with E-state index >= 15 is 0 Å². The minimum absolute atomic E-state index is 0.141. The summed E-state index contributed by atoms with van der Waals surface area (Å²) in [6, 6.07) is 0. The van der Waals surface area contributed by atoms with Crippen LogP contribution in [0.3, 0.4) is 0 Å². The Bertz CT molecular complexity index is 91.3. The predicted octanol–water partition coefficient (Wildman–Crippen LogP) is 0.942. The maximum atomic E-state index is 9.07. The van der Waals surface area contributed by atoms with Gasteiger partial charge in [0, 0.05) is 0 Å². The van der Waals surface area contributed by atoms with Gasteiger partial charge in [0.05, 0.1) is 12.7 Å². The standard InChI is InChI=1S/C8H16O2/c1-3-4-5-7(2)8(10)6-9/h3,7-10H,1,4-6H2,2H3/t7?,8-/m1/s1. The number of allylic oxidation sites excluding steroid dienone is 1. The summed E-state index contributed by atoms with van der Waals surface area (Å²) < 4.78 is 0. The van der Waals surface area contributed by atoms with Crippen LogP contribution in [0.1, 0.15) is 19.8 Å². The summed E-state index contributed by atoms with van der Waals surface area (Å²) >= 11 is 0. The van der Waals surface area contributed by atoms with Crippen molar-refractivity contribution in [1.29, 1.82) is 0 Å². The molecule has 0 radical (unpaired) electrons. The Morgan fingerprint density at radius 1 is 1.60 bits per heavy atom. The van der Waals surface area contributed by atoms with Crippen LogP contribution in [0.2, 0.25) is 0 Å². The summed E-state index contributed by atoms with van der Waals surface area (Å²) in [6.45, 7) is 5.35. The zero-order chi connectivity index (χ0) is 7.98. The summed E-state index contributed by atoms with van der Waals surface area (Å²) in [4.78, 5) is 0. The van der Waals surface area contributed by atoms with E-state index in [-0.39, 0.29) is 12.5 Å². The number of aliphatic hydroxyl groups is 2. The summed E-state index contributed by atoms with van der Waals surface area (Å²) in [5.41, 5.74) is 0. The Hall–Kier alpha value is -0.340. The van der Waals surface area contributed by atoms with E-state index in [9.17, 15) is 0 Å². The molecule has 0 aromatic rings. The molecule has 1 unspecified atom stereocenters. The molecule has 0 saturated carbocycles. The Morgan fingerprint density at radius 2 is 2.20 bits per heavy atom. The summed E-state index contributed by atoms with van der Waals surface area (Å²) in [5.74, 6) is 0.169. The van der Waals surface area contributed by atoms with Gasteiger partial charge in [-0.3, -0.25) is 0 Å². The van der Waals surface area contributed by atoms with Crippen molar-refractivity contribution in [3.63, 3.8) is 0 Å². The Labute approximate surface area is 62.2 Å². The zero-order valence-electron chi connectivity index (χ0n) is 6.45. The fourth-order valence-corrected chi connectivity index (χ4v) is 0.753. The van der Waals surface area contributed by atoms with Crippen LogP contribution in [0.25, 0.3) is 0 Å². The zero-order valence-corrected chi connectivity index (χ0v) is 6.45. The molecule has 0 amide bonds. The second-order valence-electron chi connectivity index (χ2n) is 2.59. The molecule has 2 atom stereocenters. The normalized spacial score (nSPS) is 16.3. The van der Waals surface area contributed by atoms with Gasteiger partial charge in [0.15, 0.2) is 0 Å². The van der Waals surface area contributed by atoms with E-state index in [1.165, 1.54) is 0 Å². The fraction of sp³-hybridized carbons (Fsp3) is 0.750. The first-order valence-corrected chi connectivity index (χ1v) is 3.62. The molecule has 0 aliphatic heterocycles. The Kier molecular flexibility index (Phi) is 5.26. The molecule has 60 valence electrons. The minimum atomic E-state index is -0.569. The fourth-order valence-electron chi connectivity index (χ4n) is 0.753. The largest absolute Gasteiger partial charge is 0.394 e. The van der Waals surface area contributed by atoms with E-state index in [1.807, 2.05) is 13.0 Å². The van der Waals surface area contributed by atoms with Crippen molar-refractivity contribution < 1.29 is 10.2 Å². The second-order valence-corrected chi connectivity index (χ2v) is 2.59. The highest BCUT2D eigenvalue weighted by molar-refractivity contribution is 4.71. The van der Waals surface area contributed by atoms with Crippen LogP contribution in [-0.2, 0) is 0 Å². The van der Waals surface area contributed by atoms with E-state index in [2.05, 4.69) is 6.58 Å². The lowest BCUT2D eigenvalue weighted by molar-refractivity contribution is 0.0508. The highest BCUT2D eigenvalue weighted by Crippen LogP contribution is 2.09. The van der Waals surface area contributed by atoms with Gasteiger partial charge in [0.2, 0.25) is 0 Å². The van der Waals surface area contributed by atoms with Gasteiger partial charge < -0.3 is 10.2 Å². The molecule has 0 fully saturated rings. The number of rotatable bonds is 5. The molecule has 0 spiro atoms. The lowest BCUT2D eigenvalue weighted by Gasteiger charge is -2.14. The van der Waals surface area contributed by atoms with Gasteiger partial charge in [-0.05, 0) is 18.8 Å². The van der Waals surface area contributed by atoms with Crippen LogP contribution in [0.5, 0.6) is 0 Å². The monoisotopic (exact) mass is 144 g/mol. The molecular weight excluding hydrogens is 128 g/mol. The minimum Gasteiger partial charge on any atom is -0.394 e. The third-order valence-electron chi connectivity index (χ3n) is 1.67. The van der Waals surface area contributed by atoms with Crippen LogP contribution in [-0.4, -0.2) is 22.9 Å². The van der Waals surface area contributed by atoms with Gasteiger partial charge in [0.1, 0.15) is 0 Å². The molecule has 0 aliphatic rings. The smallest absolute Gasteiger partial charge is 0.0796 e. The van der Waals surface area contributed by atoms with Gasteiger partial charge in [-0.1, -0.05) is 13.0 Å². The van der Waals surface area contributed by atoms with Crippen molar-refractivity contribution in [3.05, 3.63) is 12.7 Å². The third kappa shape index (κ3) is 3.64. The molecule has 10 heavy (non-hydrogen) atoms. The lowest BCUT2D eigenvalue weighted by Crippen LogP contribution is -2.21. The van der Waals surface area contributed by atoms with E-state index in [4.69, 9.17) is 10.2 Å². The quantitative estimate of drug-likeness (QED) is 0.564. The molecule has 0 aromatic heterocycles.